The molecule has 3 aromatic rings. The number of thiophene rings is 1. The highest BCUT2D eigenvalue weighted by atomic mass is 32.1. The summed E-state index contributed by atoms with van der Waals surface area (Å²) >= 11 is 1.59. The summed E-state index contributed by atoms with van der Waals surface area (Å²) in [4.78, 5) is 13.0. The van der Waals surface area contributed by atoms with Crippen molar-refractivity contribution in [2.75, 3.05) is 0 Å². The van der Waals surface area contributed by atoms with Crippen molar-refractivity contribution in [1.29, 1.82) is 0 Å². The third-order valence-corrected chi connectivity index (χ3v) is 3.82. The molecule has 0 saturated carbocycles. The predicted molar refractivity (Wildman–Crippen MR) is 82.8 cm³/mol. The third-order valence-electron chi connectivity index (χ3n) is 2.95. The molecule has 0 saturated heterocycles. The number of rotatable bonds is 6. The Labute approximate surface area is 131 Å². The van der Waals surface area contributed by atoms with Crippen LogP contribution in [0.3, 0.4) is 0 Å². The average Bonchev–Trinajstić information content (AvgIpc) is 3.23. The Morgan fingerprint density at radius 1 is 1.23 bits per heavy atom. The third kappa shape index (κ3) is 3.73. The van der Waals surface area contributed by atoms with Gasteiger partial charge in [-0.05, 0) is 22.2 Å². The minimum Gasteiger partial charge on any atom is -0.471 e. The zero-order chi connectivity index (χ0) is 15.2. The molecule has 0 unspecified atom stereocenters. The van der Waals surface area contributed by atoms with Crippen LogP contribution in [0.15, 0.2) is 58.4 Å². The Morgan fingerprint density at radius 2 is 2.09 bits per heavy atom. The zero-order valence-corrected chi connectivity index (χ0v) is 12.5. The monoisotopic (exact) mass is 314 g/mol. The second kappa shape index (κ2) is 6.91. The molecule has 0 atom stereocenters. The number of carbonyl (C=O) groups excluding carboxylic acids is 1. The summed E-state index contributed by atoms with van der Waals surface area (Å²) in [6, 6.07) is 15.1. The molecule has 5 nitrogen and oxygen atoms in total. The lowest BCUT2D eigenvalue weighted by atomic mass is 10.2. The molecule has 0 spiro atoms. The highest BCUT2D eigenvalue weighted by molar-refractivity contribution is 7.09. The van der Waals surface area contributed by atoms with Crippen molar-refractivity contribution in [3.05, 3.63) is 70.1 Å². The summed E-state index contributed by atoms with van der Waals surface area (Å²) in [5, 5.41) is 8.48. The summed E-state index contributed by atoms with van der Waals surface area (Å²) in [6.45, 7) is 0.848. The van der Waals surface area contributed by atoms with Crippen LogP contribution in [-0.4, -0.2) is 11.1 Å². The molecule has 2 aromatic heterocycles. The molecule has 0 aliphatic carbocycles. The van der Waals surface area contributed by atoms with Crippen LogP contribution in [0, 0.1) is 0 Å². The van der Waals surface area contributed by atoms with E-state index in [9.17, 15) is 4.79 Å². The quantitative estimate of drug-likeness (QED) is 0.758. The molecular formula is C16H14N2O3S. The molecule has 1 aromatic carbocycles. The highest BCUT2D eigenvalue weighted by Gasteiger charge is 2.13. The van der Waals surface area contributed by atoms with E-state index in [1.165, 1.54) is 6.07 Å². The van der Waals surface area contributed by atoms with E-state index in [1.807, 2.05) is 47.8 Å². The van der Waals surface area contributed by atoms with Crippen LogP contribution >= 0.6 is 11.3 Å². The molecule has 0 bridgehead atoms. The van der Waals surface area contributed by atoms with Gasteiger partial charge in [0, 0.05) is 4.88 Å². The number of aromatic nitrogens is 1. The van der Waals surface area contributed by atoms with Crippen LogP contribution in [0.1, 0.15) is 21.0 Å². The largest absolute Gasteiger partial charge is 0.471 e. The SMILES string of the molecule is O=C(NCc1cccs1)c1cc(OCc2ccccc2)no1. The van der Waals surface area contributed by atoms with Crippen LogP contribution in [0.25, 0.3) is 0 Å². The van der Waals surface area contributed by atoms with Gasteiger partial charge in [0.05, 0.1) is 12.6 Å². The fourth-order valence-electron chi connectivity index (χ4n) is 1.83. The molecule has 6 heteroatoms. The number of nitrogens with one attached hydrogen (secondary N) is 1. The van der Waals surface area contributed by atoms with Crippen molar-refractivity contribution >= 4 is 17.2 Å². The number of hydrogen-bond donors (Lipinski definition) is 1. The molecule has 112 valence electrons. The lowest BCUT2D eigenvalue weighted by molar-refractivity contribution is 0.0914. The van der Waals surface area contributed by atoms with Crippen LogP contribution in [0.5, 0.6) is 5.88 Å². The summed E-state index contributed by atoms with van der Waals surface area (Å²) in [7, 11) is 0. The Morgan fingerprint density at radius 3 is 2.86 bits per heavy atom. The van der Waals surface area contributed by atoms with Crippen molar-refractivity contribution in [1.82, 2.24) is 10.5 Å². The Bertz CT molecular complexity index is 723. The van der Waals surface area contributed by atoms with E-state index in [2.05, 4.69) is 10.5 Å². The van der Waals surface area contributed by atoms with E-state index in [0.717, 1.165) is 10.4 Å². The van der Waals surface area contributed by atoms with E-state index in [4.69, 9.17) is 9.26 Å². The van der Waals surface area contributed by atoms with Gasteiger partial charge in [-0.15, -0.1) is 11.3 Å². The van der Waals surface area contributed by atoms with Gasteiger partial charge in [0.15, 0.2) is 0 Å². The molecule has 1 N–H and O–H groups in total. The second-order valence-corrected chi connectivity index (χ2v) is 5.60. The molecule has 0 aliphatic heterocycles. The number of carbonyl (C=O) groups is 1. The van der Waals surface area contributed by atoms with Crippen molar-refractivity contribution < 1.29 is 14.1 Å². The van der Waals surface area contributed by atoms with Gasteiger partial charge in [0.1, 0.15) is 6.61 Å². The first-order chi connectivity index (χ1) is 10.8. The number of hydrogen-bond acceptors (Lipinski definition) is 5. The summed E-state index contributed by atoms with van der Waals surface area (Å²) in [5.74, 6) is 0.125. The van der Waals surface area contributed by atoms with Gasteiger partial charge in [-0.2, -0.15) is 0 Å². The first kappa shape index (κ1) is 14.3. The van der Waals surface area contributed by atoms with Gasteiger partial charge in [0.2, 0.25) is 5.76 Å². The molecule has 1 amide bonds. The first-order valence-corrected chi connectivity index (χ1v) is 7.63. The zero-order valence-electron chi connectivity index (χ0n) is 11.7. The molecular weight excluding hydrogens is 300 g/mol. The Balaban J connectivity index is 1.53. The predicted octanol–water partition coefficient (Wildman–Crippen LogP) is 3.25. The van der Waals surface area contributed by atoms with E-state index >= 15 is 0 Å². The molecule has 2 heterocycles. The first-order valence-electron chi connectivity index (χ1n) is 6.75. The number of ether oxygens (including phenoxy) is 1. The van der Waals surface area contributed by atoms with Crippen LogP contribution < -0.4 is 10.1 Å². The molecule has 0 aliphatic rings. The van der Waals surface area contributed by atoms with E-state index in [-0.39, 0.29) is 11.7 Å². The van der Waals surface area contributed by atoms with Gasteiger partial charge >= 0.3 is 0 Å². The van der Waals surface area contributed by atoms with E-state index < -0.39 is 0 Å². The van der Waals surface area contributed by atoms with Crippen molar-refractivity contribution in [3.8, 4) is 5.88 Å². The fourth-order valence-corrected chi connectivity index (χ4v) is 2.48. The van der Waals surface area contributed by atoms with Crippen molar-refractivity contribution in [2.45, 2.75) is 13.2 Å². The smallest absolute Gasteiger partial charge is 0.290 e. The molecule has 3 rings (SSSR count). The van der Waals surface area contributed by atoms with Crippen LogP contribution in [0.4, 0.5) is 0 Å². The minimum atomic E-state index is -0.310. The summed E-state index contributed by atoms with van der Waals surface area (Å²) in [5.41, 5.74) is 1.02. The second-order valence-electron chi connectivity index (χ2n) is 4.57. The van der Waals surface area contributed by atoms with Gasteiger partial charge in [-0.1, -0.05) is 36.4 Å². The summed E-state index contributed by atoms with van der Waals surface area (Å²) < 4.78 is 10.5. The highest BCUT2D eigenvalue weighted by Crippen LogP contribution is 2.14. The van der Waals surface area contributed by atoms with Crippen LogP contribution in [-0.2, 0) is 13.2 Å². The minimum absolute atomic E-state index is 0.139. The maximum absolute atomic E-state index is 11.9. The van der Waals surface area contributed by atoms with Gasteiger partial charge < -0.3 is 14.6 Å². The van der Waals surface area contributed by atoms with Gasteiger partial charge in [-0.25, -0.2) is 0 Å². The maximum Gasteiger partial charge on any atom is 0.290 e. The Kier molecular flexibility index (Phi) is 4.50. The maximum atomic E-state index is 11.9. The standard InChI is InChI=1S/C16H14N2O3S/c19-16(17-10-13-7-4-8-22-13)14-9-15(18-21-14)20-11-12-5-2-1-3-6-12/h1-9H,10-11H2,(H,17,19). The topological polar surface area (TPSA) is 64.4 Å². The Hall–Kier alpha value is -2.60. The van der Waals surface area contributed by atoms with Crippen LogP contribution in [0.2, 0.25) is 0 Å². The lowest BCUT2D eigenvalue weighted by Crippen LogP contribution is -2.21. The molecule has 0 fully saturated rings. The van der Waals surface area contributed by atoms with Crippen molar-refractivity contribution in [3.63, 3.8) is 0 Å². The van der Waals surface area contributed by atoms with Gasteiger partial charge in [0.25, 0.3) is 11.8 Å². The average molecular weight is 314 g/mol. The number of nitrogens with zero attached hydrogens (tertiary/aromatic N) is 1. The normalized spacial score (nSPS) is 10.4. The summed E-state index contributed by atoms with van der Waals surface area (Å²) in [6.07, 6.45) is 0. The molecule has 22 heavy (non-hydrogen) atoms. The van der Waals surface area contributed by atoms with Crippen molar-refractivity contribution in [2.24, 2.45) is 0 Å². The van der Waals surface area contributed by atoms with Gasteiger partial charge in [-0.3, -0.25) is 4.79 Å². The molecule has 0 radical (unpaired) electrons. The van der Waals surface area contributed by atoms with E-state index in [0.29, 0.717) is 19.0 Å². The fraction of sp³-hybridized carbons (Fsp3) is 0.125. The number of benzene rings is 1. The van der Waals surface area contributed by atoms with E-state index in [1.54, 1.807) is 11.3 Å². The lowest BCUT2D eigenvalue weighted by Gasteiger charge is -2.01. The number of amides is 1.